The number of rotatable bonds is 4. The second-order valence-corrected chi connectivity index (χ2v) is 5.60. The van der Waals surface area contributed by atoms with Crippen LogP contribution in [0.5, 0.6) is 0 Å². The van der Waals surface area contributed by atoms with Crippen molar-refractivity contribution in [1.29, 1.82) is 0 Å². The number of carbonyl (C=O) groups excluding carboxylic acids is 2. The summed E-state index contributed by atoms with van der Waals surface area (Å²) in [5.41, 5.74) is -2.95. The summed E-state index contributed by atoms with van der Waals surface area (Å²) in [5, 5.41) is 1.94. The minimum atomic E-state index is -4.78. The van der Waals surface area contributed by atoms with E-state index < -0.39 is 30.0 Å². The van der Waals surface area contributed by atoms with Crippen LogP contribution >= 0.6 is 0 Å². The van der Waals surface area contributed by atoms with Gasteiger partial charge in [0.05, 0.1) is 6.54 Å². The van der Waals surface area contributed by atoms with Gasteiger partial charge in [0.25, 0.3) is 0 Å². The largest absolute Gasteiger partial charge is 0.415 e. The van der Waals surface area contributed by atoms with Crippen LogP contribution in [0.1, 0.15) is 25.3 Å². The van der Waals surface area contributed by atoms with E-state index in [4.69, 9.17) is 0 Å². The summed E-state index contributed by atoms with van der Waals surface area (Å²) in [7, 11) is 0. The normalized spacial score (nSPS) is 18.0. The molecule has 1 heterocycles. The Morgan fingerprint density at radius 2 is 1.87 bits per heavy atom. The minimum absolute atomic E-state index is 0.254. The van der Waals surface area contributed by atoms with Crippen LogP contribution in [0.3, 0.4) is 0 Å². The van der Waals surface area contributed by atoms with Crippen LogP contribution in [0.25, 0.3) is 0 Å². The van der Waals surface area contributed by atoms with Crippen LogP contribution in [-0.2, 0) is 15.1 Å². The Labute approximate surface area is 130 Å². The molecule has 0 aliphatic carbocycles. The second-order valence-electron chi connectivity index (χ2n) is 5.60. The lowest BCUT2D eigenvalue weighted by Crippen LogP contribution is -2.56. The van der Waals surface area contributed by atoms with Crippen molar-refractivity contribution in [1.82, 2.24) is 10.2 Å². The van der Waals surface area contributed by atoms with Crippen LogP contribution in [0.2, 0.25) is 0 Å². The number of halogens is 4. The molecule has 0 spiro atoms. The number of amides is 2. The van der Waals surface area contributed by atoms with Gasteiger partial charge in [-0.2, -0.15) is 13.2 Å². The Balaban J connectivity index is 2.20. The van der Waals surface area contributed by atoms with Crippen molar-refractivity contribution in [3.05, 3.63) is 35.6 Å². The maximum atomic E-state index is 13.5. The fourth-order valence-electron chi connectivity index (χ4n) is 2.45. The van der Waals surface area contributed by atoms with Gasteiger partial charge >= 0.3 is 6.18 Å². The SMILES string of the molecule is C[C@](NC(=O)CN1CCCC1=O)(c1ccc(F)cc1)C(F)(F)F. The van der Waals surface area contributed by atoms with Crippen molar-refractivity contribution in [3.8, 4) is 0 Å². The summed E-state index contributed by atoms with van der Waals surface area (Å²) in [6.07, 6.45) is -3.90. The molecular weight excluding hydrogens is 316 g/mol. The zero-order chi connectivity index (χ0) is 17.3. The van der Waals surface area contributed by atoms with Crippen LogP contribution in [0.15, 0.2) is 24.3 Å². The van der Waals surface area contributed by atoms with E-state index >= 15 is 0 Å². The molecule has 2 rings (SSSR count). The fraction of sp³-hybridized carbons (Fsp3) is 0.467. The topological polar surface area (TPSA) is 49.4 Å². The van der Waals surface area contributed by atoms with E-state index in [1.54, 1.807) is 0 Å². The summed E-state index contributed by atoms with van der Waals surface area (Å²) in [4.78, 5) is 24.6. The predicted octanol–water partition coefficient (Wildman–Crippen LogP) is 2.34. The summed E-state index contributed by atoms with van der Waals surface area (Å²) in [6.45, 7) is 0.737. The van der Waals surface area contributed by atoms with Gasteiger partial charge in [0.2, 0.25) is 11.8 Å². The van der Waals surface area contributed by atoms with E-state index in [1.165, 1.54) is 4.90 Å². The van der Waals surface area contributed by atoms with Crippen LogP contribution in [-0.4, -0.2) is 36.0 Å². The number of carbonyl (C=O) groups is 2. The smallest absolute Gasteiger partial charge is 0.337 e. The molecule has 0 saturated carbocycles. The van der Waals surface area contributed by atoms with E-state index in [-0.39, 0.29) is 11.5 Å². The number of nitrogens with zero attached hydrogens (tertiary/aromatic N) is 1. The summed E-state index contributed by atoms with van der Waals surface area (Å²) in [6, 6.07) is 3.75. The standard InChI is InChI=1S/C15H16F4N2O2/c1-14(15(17,18)19,10-4-6-11(16)7-5-10)20-12(22)9-21-8-2-3-13(21)23/h4-7H,2-3,8-9H2,1H3,(H,20,22)/t14-/m0/s1. The highest BCUT2D eigenvalue weighted by Crippen LogP contribution is 2.38. The molecule has 126 valence electrons. The lowest BCUT2D eigenvalue weighted by molar-refractivity contribution is -0.197. The molecule has 0 bridgehead atoms. The number of hydrogen-bond acceptors (Lipinski definition) is 2. The number of alkyl halides is 3. The molecule has 1 atom stereocenters. The molecule has 8 heteroatoms. The van der Waals surface area contributed by atoms with Gasteiger partial charge in [0.15, 0.2) is 5.54 Å². The lowest BCUT2D eigenvalue weighted by Gasteiger charge is -2.34. The van der Waals surface area contributed by atoms with Gasteiger partial charge in [0.1, 0.15) is 5.82 Å². The zero-order valence-corrected chi connectivity index (χ0v) is 12.4. The molecule has 1 fully saturated rings. The van der Waals surface area contributed by atoms with Gasteiger partial charge in [-0.3, -0.25) is 9.59 Å². The van der Waals surface area contributed by atoms with Crippen LogP contribution in [0.4, 0.5) is 17.6 Å². The first kappa shape index (κ1) is 17.2. The molecule has 0 aromatic heterocycles. The van der Waals surface area contributed by atoms with E-state index in [9.17, 15) is 27.2 Å². The molecule has 1 aromatic rings. The lowest BCUT2D eigenvalue weighted by atomic mass is 9.91. The Hall–Kier alpha value is -2.12. The van der Waals surface area contributed by atoms with Crippen LogP contribution < -0.4 is 5.32 Å². The third-order valence-electron chi connectivity index (χ3n) is 3.88. The third-order valence-corrected chi connectivity index (χ3v) is 3.88. The number of nitrogens with one attached hydrogen (secondary N) is 1. The molecule has 1 aromatic carbocycles. The van der Waals surface area contributed by atoms with Crippen LogP contribution in [0, 0.1) is 5.82 Å². The first-order valence-corrected chi connectivity index (χ1v) is 7.05. The summed E-state index contributed by atoms with van der Waals surface area (Å²) in [5.74, 6) is -1.84. The van der Waals surface area contributed by atoms with E-state index in [2.05, 4.69) is 0 Å². The Morgan fingerprint density at radius 3 is 2.35 bits per heavy atom. The molecule has 0 radical (unpaired) electrons. The Morgan fingerprint density at radius 1 is 1.26 bits per heavy atom. The molecule has 4 nitrogen and oxygen atoms in total. The van der Waals surface area contributed by atoms with Gasteiger partial charge in [-0.1, -0.05) is 12.1 Å². The number of benzene rings is 1. The maximum absolute atomic E-state index is 13.5. The molecule has 1 aliphatic heterocycles. The minimum Gasteiger partial charge on any atom is -0.337 e. The molecule has 1 N–H and O–H groups in total. The molecular formula is C15H16F4N2O2. The third kappa shape index (κ3) is 3.62. The number of hydrogen-bond donors (Lipinski definition) is 1. The van der Waals surface area contributed by atoms with Gasteiger partial charge in [-0.25, -0.2) is 4.39 Å². The highest BCUT2D eigenvalue weighted by molar-refractivity contribution is 5.86. The van der Waals surface area contributed by atoms with Gasteiger partial charge < -0.3 is 10.2 Å². The van der Waals surface area contributed by atoms with Crippen molar-refractivity contribution < 1.29 is 27.2 Å². The monoisotopic (exact) mass is 332 g/mol. The first-order chi connectivity index (χ1) is 10.6. The molecule has 23 heavy (non-hydrogen) atoms. The first-order valence-electron chi connectivity index (χ1n) is 7.05. The fourth-order valence-corrected chi connectivity index (χ4v) is 2.45. The highest BCUT2D eigenvalue weighted by Gasteiger charge is 2.53. The number of likely N-dealkylation sites (tertiary alicyclic amines) is 1. The van der Waals surface area contributed by atoms with Crippen molar-refractivity contribution in [2.75, 3.05) is 13.1 Å². The van der Waals surface area contributed by atoms with Crippen molar-refractivity contribution in [3.63, 3.8) is 0 Å². The molecule has 1 aliphatic rings. The summed E-state index contributed by atoms with van der Waals surface area (Å²) < 4.78 is 53.3. The predicted molar refractivity (Wildman–Crippen MR) is 73.8 cm³/mol. The molecule has 1 saturated heterocycles. The van der Waals surface area contributed by atoms with Gasteiger partial charge in [-0.05, 0) is 31.0 Å². The summed E-state index contributed by atoms with van der Waals surface area (Å²) >= 11 is 0. The van der Waals surface area contributed by atoms with E-state index in [0.717, 1.165) is 31.2 Å². The van der Waals surface area contributed by atoms with E-state index in [0.29, 0.717) is 19.4 Å². The second kappa shape index (κ2) is 6.17. The van der Waals surface area contributed by atoms with Gasteiger partial charge in [-0.15, -0.1) is 0 Å². The Kier molecular flexibility index (Phi) is 4.63. The average molecular weight is 332 g/mol. The zero-order valence-electron chi connectivity index (χ0n) is 12.4. The van der Waals surface area contributed by atoms with Crippen molar-refractivity contribution in [2.24, 2.45) is 0 Å². The molecule has 2 amide bonds. The molecule has 0 unspecified atom stereocenters. The van der Waals surface area contributed by atoms with Gasteiger partial charge in [0, 0.05) is 13.0 Å². The maximum Gasteiger partial charge on any atom is 0.415 e. The van der Waals surface area contributed by atoms with Crippen molar-refractivity contribution in [2.45, 2.75) is 31.5 Å². The Bertz CT molecular complexity index is 600. The van der Waals surface area contributed by atoms with Crippen molar-refractivity contribution >= 4 is 11.8 Å². The average Bonchev–Trinajstić information content (AvgIpc) is 2.83. The quantitative estimate of drug-likeness (QED) is 0.861. The highest BCUT2D eigenvalue weighted by atomic mass is 19.4. The van der Waals surface area contributed by atoms with E-state index in [1.807, 2.05) is 5.32 Å².